The third kappa shape index (κ3) is 6.45. The highest BCUT2D eigenvalue weighted by molar-refractivity contribution is 5.68. The second-order valence-corrected chi connectivity index (χ2v) is 8.22. The van der Waals surface area contributed by atoms with E-state index in [0.717, 1.165) is 16.8 Å². The van der Waals surface area contributed by atoms with E-state index in [1.807, 2.05) is 69.4 Å². The summed E-state index contributed by atoms with van der Waals surface area (Å²) in [5.74, 6) is 0. The SMILES string of the molecule is Cc1ccc(-c2cn(C[C@H](Cc3ccccc3)NC(=O)OC(C)(C)C)nn2)cc1. The van der Waals surface area contributed by atoms with Gasteiger partial charge in [-0.1, -0.05) is 65.4 Å². The Bertz CT molecular complexity index is 928. The zero-order chi connectivity index (χ0) is 20.9. The molecule has 1 amide bonds. The highest BCUT2D eigenvalue weighted by Gasteiger charge is 2.20. The van der Waals surface area contributed by atoms with E-state index in [4.69, 9.17) is 4.74 Å². The van der Waals surface area contributed by atoms with Crippen molar-refractivity contribution < 1.29 is 9.53 Å². The molecule has 0 aliphatic rings. The fraction of sp³-hybridized carbons (Fsp3) is 0.348. The summed E-state index contributed by atoms with van der Waals surface area (Å²) in [4.78, 5) is 12.3. The molecular weight excluding hydrogens is 364 g/mol. The molecule has 1 N–H and O–H groups in total. The maximum absolute atomic E-state index is 12.3. The highest BCUT2D eigenvalue weighted by atomic mass is 16.6. The van der Waals surface area contributed by atoms with Crippen molar-refractivity contribution in [2.45, 2.75) is 52.3 Å². The van der Waals surface area contributed by atoms with Crippen LogP contribution in [-0.2, 0) is 17.7 Å². The fourth-order valence-corrected chi connectivity index (χ4v) is 3.00. The first-order chi connectivity index (χ1) is 13.8. The molecule has 152 valence electrons. The molecule has 0 aliphatic heterocycles. The number of aryl methyl sites for hydroxylation is 1. The predicted molar refractivity (Wildman–Crippen MR) is 113 cm³/mol. The minimum atomic E-state index is -0.548. The van der Waals surface area contributed by atoms with Crippen molar-refractivity contribution in [3.05, 3.63) is 71.9 Å². The molecule has 0 aliphatic carbocycles. The number of hydrogen-bond donors (Lipinski definition) is 1. The smallest absolute Gasteiger partial charge is 0.407 e. The second kappa shape index (κ2) is 8.90. The highest BCUT2D eigenvalue weighted by Crippen LogP contribution is 2.17. The van der Waals surface area contributed by atoms with Crippen LogP contribution >= 0.6 is 0 Å². The summed E-state index contributed by atoms with van der Waals surface area (Å²) in [6.45, 7) is 8.10. The van der Waals surface area contributed by atoms with Gasteiger partial charge in [0.15, 0.2) is 0 Å². The van der Waals surface area contributed by atoms with Gasteiger partial charge in [0.05, 0.1) is 18.8 Å². The van der Waals surface area contributed by atoms with Gasteiger partial charge < -0.3 is 10.1 Å². The molecule has 0 saturated heterocycles. The van der Waals surface area contributed by atoms with Gasteiger partial charge in [0.25, 0.3) is 0 Å². The summed E-state index contributed by atoms with van der Waals surface area (Å²) >= 11 is 0. The molecule has 29 heavy (non-hydrogen) atoms. The maximum Gasteiger partial charge on any atom is 0.407 e. The molecule has 2 aromatic carbocycles. The molecule has 0 unspecified atom stereocenters. The number of nitrogens with zero attached hydrogens (tertiary/aromatic N) is 3. The average Bonchev–Trinajstić information content (AvgIpc) is 3.10. The number of aromatic nitrogens is 3. The molecule has 1 heterocycles. The molecule has 0 radical (unpaired) electrons. The van der Waals surface area contributed by atoms with Gasteiger partial charge in [0.2, 0.25) is 0 Å². The number of hydrogen-bond acceptors (Lipinski definition) is 4. The van der Waals surface area contributed by atoms with Crippen LogP contribution in [0.15, 0.2) is 60.8 Å². The molecule has 6 heteroatoms. The number of rotatable bonds is 6. The van der Waals surface area contributed by atoms with Gasteiger partial charge in [0, 0.05) is 5.56 Å². The summed E-state index contributed by atoms with van der Waals surface area (Å²) in [6.07, 6.45) is 2.14. The summed E-state index contributed by atoms with van der Waals surface area (Å²) in [7, 11) is 0. The number of carbonyl (C=O) groups excluding carboxylic acids is 1. The second-order valence-electron chi connectivity index (χ2n) is 8.22. The van der Waals surface area contributed by atoms with Crippen LogP contribution in [0.1, 0.15) is 31.9 Å². The van der Waals surface area contributed by atoms with E-state index in [1.54, 1.807) is 4.68 Å². The number of benzene rings is 2. The molecule has 0 saturated carbocycles. The van der Waals surface area contributed by atoms with Gasteiger partial charge in [-0.25, -0.2) is 9.48 Å². The lowest BCUT2D eigenvalue weighted by atomic mass is 10.1. The van der Waals surface area contributed by atoms with E-state index in [-0.39, 0.29) is 6.04 Å². The Kier molecular flexibility index (Phi) is 6.32. The maximum atomic E-state index is 12.3. The third-order valence-corrected chi connectivity index (χ3v) is 4.34. The predicted octanol–water partition coefficient (Wildman–Crippen LogP) is 4.39. The molecule has 6 nitrogen and oxygen atoms in total. The van der Waals surface area contributed by atoms with Gasteiger partial charge >= 0.3 is 6.09 Å². The Balaban J connectivity index is 1.73. The van der Waals surface area contributed by atoms with Gasteiger partial charge in [-0.2, -0.15) is 0 Å². The zero-order valence-electron chi connectivity index (χ0n) is 17.4. The van der Waals surface area contributed by atoms with Crippen molar-refractivity contribution in [1.82, 2.24) is 20.3 Å². The quantitative estimate of drug-likeness (QED) is 0.675. The minimum Gasteiger partial charge on any atom is -0.444 e. The Hall–Kier alpha value is -3.15. The molecule has 3 aromatic rings. The Morgan fingerprint density at radius 3 is 2.45 bits per heavy atom. The van der Waals surface area contributed by atoms with Gasteiger partial charge in [-0.3, -0.25) is 0 Å². The van der Waals surface area contributed by atoms with Crippen molar-refractivity contribution in [3.8, 4) is 11.3 Å². The topological polar surface area (TPSA) is 69.0 Å². The molecule has 1 atom stereocenters. The van der Waals surface area contributed by atoms with Crippen LogP contribution in [0.25, 0.3) is 11.3 Å². The van der Waals surface area contributed by atoms with Crippen LogP contribution in [0.3, 0.4) is 0 Å². The van der Waals surface area contributed by atoms with Crippen LogP contribution in [0.5, 0.6) is 0 Å². The van der Waals surface area contributed by atoms with Gasteiger partial charge in [0.1, 0.15) is 11.3 Å². The number of alkyl carbamates (subject to hydrolysis) is 1. The third-order valence-electron chi connectivity index (χ3n) is 4.34. The molecule has 0 bridgehead atoms. The first-order valence-corrected chi connectivity index (χ1v) is 9.79. The van der Waals surface area contributed by atoms with Crippen LogP contribution in [0.4, 0.5) is 4.79 Å². The number of nitrogens with one attached hydrogen (secondary N) is 1. The summed E-state index contributed by atoms with van der Waals surface area (Å²) in [5, 5.41) is 11.5. The average molecular weight is 393 g/mol. The standard InChI is InChI=1S/C23H28N4O2/c1-17-10-12-19(13-11-17)21-16-27(26-25-21)15-20(14-18-8-6-5-7-9-18)24-22(28)29-23(2,3)4/h5-13,16,20H,14-15H2,1-4H3,(H,24,28)/t20-/m0/s1. The normalized spacial score (nSPS) is 12.4. The Morgan fingerprint density at radius 2 is 1.79 bits per heavy atom. The summed E-state index contributed by atoms with van der Waals surface area (Å²) in [6, 6.07) is 18.0. The number of carbonyl (C=O) groups is 1. The molecule has 0 fully saturated rings. The van der Waals surface area contributed by atoms with E-state index in [0.29, 0.717) is 13.0 Å². The lowest BCUT2D eigenvalue weighted by Gasteiger charge is -2.23. The lowest BCUT2D eigenvalue weighted by Crippen LogP contribution is -2.42. The fourth-order valence-electron chi connectivity index (χ4n) is 3.00. The first-order valence-electron chi connectivity index (χ1n) is 9.79. The largest absolute Gasteiger partial charge is 0.444 e. The summed E-state index contributed by atoms with van der Waals surface area (Å²) < 4.78 is 7.20. The van der Waals surface area contributed by atoms with E-state index in [2.05, 4.69) is 34.7 Å². The zero-order valence-corrected chi connectivity index (χ0v) is 17.4. The van der Waals surface area contributed by atoms with Gasteiger partial charge in [-0.05, 0) is 39.7 Å². The van der Waals surface area contributed by atoms with Gasteiger partial charge in [-0.15, -0.1) is 5.10 Å². The van der Waals surface area contributed by atoms with Crippen molar-refractivity contribution in [2.75, 3.05) is 0 Å². The molecular formula is C23H28N4O2. The van der Waals surface area contributed by atoms with E-state index >= 15 is 0 Å². The van der Waals surface area contributed by atoms with Crippen LogP contribution in [0, 0.1) is 6.92 Å². The molecule has 0 spiro atoms. The first kappa shape index (κ1) is 20.6. The van der Waals surface area contributed by atoms with E-state index < -0.39 is 11.7 Å². The van der Waals surface area contributed by atoms with Crippen molar-refractivity contribution in [3.63, 3.8) is 0 Å². The number of amides is 1. The van der Waals surface area contributed by atoms with Crippen molar-refractivity contribution in [2.24, 2.45) is 0 Å². The van der Waals surface area contributed by atoms with Crippen LogP contribution in [0.2, 0.25) is 0 Å². The Labute approximate surface area is 171 Å². The van der Waals surface area contributed by atoms with Crippen LogP contribution < -0.4 is 5.32 Å². The molecule has 3 rings (SSSR count). The minimum absolute atomic E-state index is 0.181. The number of ether oxygens (including phenoxy) is 1. The van der Waals surface area contributed by atoms with E-state index in [1.165, 1.54) is 5.56 Å². The van der Waals surface area contributed by atoms with Crippen molar-refractivity contribution in [1.29, 1.82) is 0 Å². The summed E-state index contributed by atoms with van der Waals surface area (Å²) in [5.41, 5.74) is 3.60. The monoisotopic (exact) mass is 392 g/mol. The van der Waals surface area contributed by atoms with E-state index in [9.17, 15) is 4.79 Å². The lowest BCUT2D eigenvalue weighted by molar-refractivity contribution is 0.0498. The Morgan fingerprint density at radius 1 is 1.10 bits per heavy atom. The van der Waals surface area contributed by atoms with Crippen molar-refractivity contribution >= 4 is 6.09 Å². The van der Waals surface area contributed by atoms with Crippen LogP contribution in [-0.4, -0.2) is 32.7 Å². The molecule has 1 aromatic heterocycles.